The molecule has 0 aromatic rings. The molecular formula is C44H86N2O6P+. The molecule has 9 heteroatoms. The Balaban J connectivity index is 3.77. The van der Waals surface area contributed by atoms with Gasteiger partial charge in [0.05, 0.1) is 39.9 Å². The Morgan fingerprint density at radius 1 is 0.623 bits per heavy atom. The van der Waals surface area contributed by atoms with Gasteiger partial charge in [-0.2, -0.15) is 0 Å². The van der Waals surface area contributed by atoms with Gasteiger partial charge in [0.2, 0.25) is 5.91 Å². The van der Waals surface area contributed by atoms with Crippen LogP contribution in [0.4, 0.5) is 0 Å². The number of phosphoric ester groups is 1. The van der Waals surface area contributed by atoms with Crippen molar-refractivity contribution in [1.82, 2.24) is 5.32 Å². The first kappa shape index (κ1) is 51.7. The minimum atomic E-state index is -4.31. The third kappa shape index (κ3) is 38.8. The standard InChI is InChI=1S/C44H85N2O6P/c1-6-8-9-10-11-12-13-14-15-16-17-18-19-20-21-22-23-24-25-26-27-28-29-30-31-32-33-34-35-36-37-38-43(47)42(45-44(48)7-2)41-52-53(49,50)51-40-39-46(3,4)5/h29-30,33-34,37-38,42-43,47H,6-28,31-32,35-36,39-41H2,1-5H3,(H-,45,48,49,50)/p+1/b30-29+,34-33+,38-37+. The van der Waals surface area contributed by atoms with Gasteiger partial charge in [-0.15, -0.1) is 0 Å². The van der Waals surface area contributed by atoms with Gasteiger partial charge in [-0.05, 0) is 38.5 Å². The zero-order chi connectivity index (χ0) is 39.3. The zero-order valence-electron chi connectivity index (χ0n) is 35.3. The maximum atomic E-state index is 12.3. The molecule has 0 aromatic carbocycles. The summed E-state index contributed by atoms with van der Waals surface area (Å²) in [6.45, 7) is 4.23. The average Bonchev–Trinajstić information content (AvgIpc) is 3.11. The van der Waals surface area contributed by atoms with Gasteiger partial charge < -0.3 is 19.8 Å². The van der Waals surface area contributed by atoms with Crippen molar-refractivity contribution in [2.75, 3.05) is 40.9 Å². The van der Waals surface area contributed by atoms with Gasteiger partial charge in [-0.25, -0.2) is 4.57 Å². The Morgan fingerprint density at radius 3 is 1.43 bits per heavy atom. The van der Waals surface area contributed by atoms with Gasteiger partial charge in [0.15, 0.2) is 0 Å². The molecule has 8 nitrogen and oxygen atoms in total. The summed E-state index contributed by atoms with van der Waals surface area (Å²) in [5.74, 6) is -0.280. The number of amides is 1. The molecule has 1 amide bonds. The fourth-order valence-corrected chi connectivity index (χ4v) is 6.83. The molecular weight excluding hydrogens is 683 g/mol. The number of phosphoric acid groups is 1. The van der Waals surface area contributed by atoms with E-state index in [1.807, 2.05) is 27.2 Å². The number of allylic oxidation sites excluding steroid dienone is 5. The molecule has 3 N–H and O–H groups in total. The predicted octanol–water partition coefficient (Wildman–Crippen LogP) is 11.9. The molecule has 0 bridgehead atoms. The van der Waals surface area contributed by atoms with Crippen molar-refractivity contribution in [2.45, 2.75) is 199 Å². The number of likely N-dealkylation sites (N-methyl/N-ethyl adjacent to an activating group) is 1. The van der Waals surface area contributed by atoms with Crippen LogP contribution in [-0.2, 0) is 18.4 Å². The molecule has 3 unspecified atom stereocenters. The van der Waals surface area contributed by atoms with Crippen molar-refractivity contribution in [2.24, 2.45) is 0 Å². The number of unbranched alkanes of at least 4 members (excludes halogenated alkanes) is 23. The van der Waals surface area contributed by atoms with Crippen molar-refractivity contribution in [3.8, 4) is 0 Å². The quantitative estimate of drug-likeness (QED) is 0.0249. The lowest BCUT2D eigenvalue weighted by atomic mass is 10.0. The van der Waals surface area contributed by atoms with Crippen LogP contribution in [-0.4, -0.2) is 73.4 Å². The topological polar surface area (TPSA) is 105 Å². The van der Waals surface area contributed by atoms with E-state index in [4.69, 9.17) is 9.05 Å². The van der Waals surface area contributed by atoms with Crippen molar-refractivity contribution < 1.29 is 32.9 Å². The molecule has 0 saturated heterocycles. The largest absolute Gasteiger partial charge is 0.472 e. The van der Waals surface area contributed by atoms with E-state index in [1.54, 1.807) is 13.0 Å². The van der Waals surface area contributed by atoms with Gasteiger partial charge in [0.25, 0.3) is 0 Å². The van der Waals surface area contributed by atoms with E-state index in [0.29, 0.717) is 11.0 Å². The number of carbonyl (C=O) groups excluding carboxylic acids is 1. The Morgan fingerprint density at radius 2 is 1.02 bits per heavy atom. The van der Waals surface area contributed by atoms with E-state index in [1.165, 1.54) is 141 Å². The summed E-state index contributed by atoms with van der Waals surface area (Å²) in [5, 5.41) is 13.3. The van der Waals surface area contributed by atoms with Gasteiger partial charge >= 0.3 is 7.82 Å². The van der Waals surface area contributed by atoms with Gasteiger partial charge in [-0.1, -0.05) is 179 Å². The van der Waals surface area contributed by atoms with E-state index in [9.17, 15) is 19.4 Å². The first-order valence-electron chi connectivity index (χ1n) is 21.9. The Labute approximate surface area is 327 Å². The van der Waals surface area contributed by atoms with Crippen LogP contribution in [0.5, 0.6) is 0 Å². The maximum Gasteiger partial charge on any atom is 0.472 e. The van der Waals surface area contributed by atoms with E-state index in [2.05, 4.69) is 36.5 Å². The monoisotopic (exact) mass is 770 g/mol. The highest BCUT2D eigenvalue weighted by molar-refractivity contribution is 7.47. The SMILES string of the molecule is CCCCCCCCCCCCCCCCCCCCCCC/C=C/CC/C=C/CC/C=C/C(O)C(COP(=O)(O)OCC[N+](C)(C)C)NC(=O)CC. The second kappa shape index (κ2) is 36.4. The van der Waals surface area contributed by atoms with Crippen molar-refractivity contribution in [3.63, 3.8) is 0 Å². The van der Waals surface area contributed by atoms with Crippen LogP contribution in [0.15, 0.2) is 36.5 Å². The summed E-state index contributed by atoms with van der Waals surface area (Å²) in [5.41, 5.74) is 0. The van der Waals surface area contributed by atoms with Crippen LogP contribution in [0.1, 0.15) is 187 Å². The van der Waals surface area contributed by atoms with Crippen molar-refractivity contribution in [1.29, 1.82) is 0 Å². The molecule has 3 atom stereocenters. The van der Waals surface area contributed by atoms with Crippen LogP contribution in [0.2, 0.25) is 0 Å². The number of hydrogen-bond acceptors (Lipinski definition) is 5. The first-order valence-corrected chi connectivity index (χ1v) is 23.4. The molecule has 312 valence electrons. The Kier molecular flexibility index (Phi) is 35.5. The second-order valence-electron chi connectivity index (χ2n) is 16.0. The molecule has 0 saturated carbocycles. The van der Waals surface area contributed by atoms with Crippen LogP contribution in [0, 0.1) is 0 Å². The average molecular weight is 770 g/mol. The Bertz CT molecular complexity index is 964. The molecule has 0 aromatic heterocycles. The third-order valence-electron chi connectivity index (χ3n) is 9.65. The molecule has 0 heterocycles. The number of aliphatic hydroxyl groups is 1. The van der Waals surface area contributed by atoms with Crippen molar-refractivity contribution in [3.05, 3.63) is 36.5 Å². The summed E-state index contributed by atoms with van der Waals surface area (Å²) in [4.78, 5) is 22.0. The van der Waals surface area contributed by atoms with Crippen LogP contribution >= 0.6 is 7.82 Å². The maximum absolute atomic E-state index is 12.3. The molecule has 0 rings (SSSR count). The Hall–Kier alpha value is -1.28. The minimum Gasteiger partial charge on any atom is -0.387 e. The summed E-state index contributed by atoms with van der Waals surface area (Å²) in [7, 11) is 1.54. The number of rotatable bonds is 39. The number of nitrogens with zero attached hydrogens (tertiary/aromatic N) is 1. The lowest BCUT2D eigenvalue weighted by Gasteiger charge is -2.25. The second-order valence-corrected chi connectivity index (χ2v) is 17.5. The number of carbonyl (C=O) groups is 1. The first-order chi connectivity index (χ1) is 25.5. The molecule has 53 heavy (non-hydrogen) atoms. The molecule has 0 aliphatic carbocycles. The molecule has 0 fully saturated rings. The highest BCUT2D eigenvalue weighted by Gasteiger charge is 2.27. The number of nitrogens with one attached hydrogen (secondary N) is 1. The smallest absolute Gasteiger partial charge is 0.387 e. The molecule has 0 radical (unpaired) electrons. The lowest BCUT2D eigenvalue weighted by Crippen LogP contribution is -2.45. The summed E-state index contributed by atoms with van der Waals surface area (Å²) >= 11 is 0. The predicted molar refractivity (Wildman–Crippen MR) is 226 cm³/mol. The van der Waals surface area contributed by atoms with E-state index in [0.717, 1.165) is 25.7 Å². The highest BCUT2D eigenvalue weighted by atomic mass is 31.2. The summed E-state index contributed by atoms with van der Waals surface area (Å²) in [6, 6.07) is -0.864. The third-order valence-corrected chi connectivity index (χ3v) is 10.6. The highest BCUT2D eigenvalue weighted by Crippen LogP contribution is 2.43. The fourth-order valence-electron chi connectivity index (χ4n) is 6.10. The number of quaternary nitrogens is 1. The lowest BCUT2D eigenvalue weighted by molar-refractivity contribution is -0.870. The van der Waals surface area contributed by atoms with Gasteiger partial charge in [-0.3, -0.25) is 13.8 Å². The summed E-state index contributed by atoms with van der Waals surface area (Å²) in [6.07, 6.45) is 46.3. The van der Waals surface area contributed by atoms with Gasteiger partial charge in [0, 0.05) is 6.42 Å². The normalized spacial score (nSPS) is 14.8. The van der Waals surface area contributed by atoms with Crippen molar-refractivity contribution >= 4 is 13.7 Å². The van der Waals surface area contributed by atoms with E-state index < -0.39 is 20.0 Å². The number of aliphatic hydroxyl groups excluding tert-OH is 1. The zero-order valence-corrected chi connectivity index (χ0v) is 36.1. The fraction of sp³-hybridized carbons (Fsp3) is 0.841. The minimum absolute atomic E-state index is 0.0508. The van der Waals surface area contributed by atoms with Crippen LogP contribution in [0.3, 0.4) is 0 Å². The summed E-state index contributed by atoms with van der Waals surface area (Å²) < 4.78 is 23.0. The number of hydrogen-bond donors (Lipinski definition) is 3. The van der Waals surface area contributed by atoms with E-state index >= 15 is 0 Å². The molecule has 0 spiro atoms. The van der Waals surface area contributed by atoms with Crippen LogP contribution in [0.25, 0.3) is 0 Å². The molecule has 0 aliphatic rings. The van der Waals surface area contributed by atoms with Gasteiger partial charge in [0.1, 0.15) is 13.2 Å². The van der Waals surface area contributed by atoms with Crippen LogP contribution < -0.4 is 5.32 Å². The molecule has 0 aliphatic heterocycles. The van der Waals surface area contributed by atoms with E-state index in [-0.39, 0.29) is 25.5 Å².